The van der Waals surface area contributed by atoms with E-state index in [1.807, 2.05) is 0 Å². The van der Waals surface area contributed by atoms with Crippen molar-refractivity contribution in [3.63, 3.8) is 0 Å². The first-order valence-corrected chi connectivity index (χ1v) is 9.62. The van der Waals surface area contributed by atoms with E-state index < -0.39 is 22.5 Å². The van der Waals surface area contributed by atoms with Crippen LogP contribution in [0.4, 0.5) is 5.69 Å². The Morgan fingerprint density at radius 2 is 1.76 bits per heavy atom. The average Bonchev–Trinajstić information content (AvgIpc) is 2.57. The number of esters is 1. The predicted octanol–water partition coefficient (Wildman–Crippen LogP) is 4.67. The number of hydrogen-bond acceptors (Lipinski definition) is 4. The summed E-state index contributed by atoms with van der Waals surface area (Å²) in [6.07, 6.45) is 0. The van der Waals surface area contributed by atoms with Crippen molar-refractivity contribution in [3.05, 3.63) is 56.5 Å². The molecule has 0 bridgehead atoms. The Kier molecular flexibility index (Phi) is 6.45. The highest BCUT2D eigenvalue weighted by molar-refractivity contribution is 7.93. The molecule has 0 aliphatic rings. The Morgan fingerprint density at radius 3 is 2.40 bits per heavy atom. The maximum atomic E-state index is 13.1. The monoisotopic (exact) mass is 441 g/mol. The normalized spacial score (nSPS) is 11.2. The third-order valence-corrected chi connectivity index (χ3v) is 6.45. The largest absolute Gasteiger partial charge is 0.468 e. The predicted molar refractivity (Wildman–Crippen MR) is 99.5 cm³/mol. The molecule has 134 valence electrons. The van der Waals surface area contributed by atoms with Crippen molar-refractivity contribution >= 4 is 68.1 Å². The second-order valence-electron chi connectivity index (χ2n) is 4.74. The fourth-order valence-electron chi connectivity index (χ4n) is 1.96. The van der Waals surface area contributed by atoms with Crippen molar-refractivity contribution in [3.8, 4) is 0 Å². The summed E-state index contributed by atoms with van der Waals surface area (Å²) in [5.74, 6) is -0.794. The number of halogens is 4. The molecule has 0 amide bonds. The van der Waals surface area contributed by atoms with Gasteiger partial charge in [0.05, 0.1) is 27.9 Å². The molecular weight excluding hydrogens is 432 g/mol. The fourth-order valence-corrected chi connectivity index (χ4v) is 4.57. The van der Waals surface area contributed by atoms with E-state index in [4.69, 9.17) is 46.4 Å². The van der Waals surface area contributed by atoms with E-state index >= 15 is 0 Å². The average molecular weight is 443 g/mol. The summed E-state index contributed by atoms with van der Waals surface area (Å²) >= 11 is 24.0. The third-order valence-electron chi connectivity index (χ3n) is 3.16. The molecule has 0 unspecified atom stereocenters. The van der Waals surface area contributed by atoms with Gasteiger partial charge in [0, 0.05) is 5.02 Å². The number of benzene rings is 2. The SMILES string of the molecule is COC(=O)CN(c1cccc(Cl)c1Cl)S(=O)(=O)c1cc(Cl)ccc1Cl. The molecule has 0 saturated carbocycles. The van der Waals surface area contributed by atoms with Crippen molar-refractivity contribution in [1.82, 2.24) is 0 Å². The molecule has 0 aliphatic carbocycles. The van der Waals surface area contributed by atoms with E-state index in [2.05, 4.69) is 4.74 Å². The minimum Gasteiger partial charge on any atom is -0.468 e. The van der Waals surface area contributed by atoms with Crippen LogP contribution >= 0.6 is 46.4 Å². The van der Waals surface area contributed by atoms with Gasteiger partial charge in [0.2, 0.25) is 0 Å². The third kappa shape index (κ3) is 4.33. The smallest absolute Gasteiger partial charge is 0.326 e. The van der Waals surface area contributed by atoms with E-state index in [1.54, 1.807) is 0 Å². The highest BCUT2D eigenvalue weighted by Crippen LogP contribution is 2.37. The minimum absolute atomic E-state index is 0.00982. The van der Waals surface area contributed by atoms with Crippen LogP contribution in [0, 0.1) is 0 Å². The number of nitrogens with zero attached hydrogens (tertiary/aromatic N) is 1. The van der Waals surface area contributed by atoms with Gasteiger partial charge in [-0.1, -0.05) is 52.5 Å². The molecule has 0 fully saturated rings. The van der Waals surface area contributed by atoms with Crippen LogP contribution in [0.3, 0.4) is 0 Å². The molecule has 25 heavy (non-hydrogen) atoms. The number of rotatable bonds is 5. The summed E-state index contributed by atoms with van der Waals surface area (Å²) in [6, 6.07) is 8.37. The Morgan fingerprint density at radius 1 is 1.08 bits per heavy atom. The topological polar surface area (TPSA) is 63.7 Å². The van der Waals surface area contributed by atoms with Crippen LogP contribution in [-0.2, 0) is 19.6 Å². The summed E-state index contributed by atoms with van der Waals surface area (Å²) in [5.41, 5.74) is 0.00982. The summed E-state index contributed by atoms with van der Waals surface area (Å²) < 4.78 is 31.5. The molecule has 0 radical (unpaired) electrons. The zero-order valence-corrected chi connectivity index (χ0v) is 16.5. The molecule has 0 N–H and O–H groups in total. The lowest BCUT2D eigenvalue weighted by Crippen LogP contribution is -2.36. The maximum Gasteiger partial charge on any atom is 0.326 e. The van der Waals surface area contributed by atoms with Crippen molar-refractivity contribution in [2.75, 3.05) is 18.0 Å². The van der Waals surface area contributed by atoms with Gasteiger partial charge in [-0.05, 0) is 30.3 Å². The molecule has 0 atom stereocenters. The van der Waals surface area contributed by atoms with E-state index in [1.165, 1.54) is 36.4 Å². The van der Waals surface area contributed by atoms with Gasteiger partial charge >= 0.3 is 5.97 Å². The Labute approximate surface area is 165 Å². The molecule has 0 saturated heterocycles. The Bertz CT molecular complexity index is 918. The number of methoxy groups -OCH3 is 1. The summed E-state index contributed by atoms with van der Waals surface area (Å²) in [7, 11) is -3.14. The molecular formula is C15H11Cl4NO4S. The fraction of sp³-hybridized carbons (Fsp3) is 0.133. The lowest BCUT2D eigenvalue weighted by Gasteiger charge is -2.25. The first-order valence-electron chi connectivity index (χ1n) is 6.67. The lowest BCUT2D eigenvalue weighted by atomic mass is 10.3. The number of carbonyl (C=O) groups is 1. The zero-order valence-electron chi connectivity index (χ0n) is 12.7. The van der Waals surface area contributed by atoms with Crippen LogP contribution < -0.4 is 4.31 Å². The molecule has 2 aromatic rings. The van der Waals surface area contributed by atoms with Crippen molar-refractivity contribution in [2.24, 2.45) is 0 Å². The van der Waals surface area contributed by atoms with Gasteiger partial charge in [-0.2, -0.15) is 0 Å². The molecule has 5 nitrogen and oxygen atoms in total. The highest BCUT2D eigenvalue weighted by atomic mass is 35.5. The summed E-state index contributed by atoms with van der Waals surface area (Å²) in [5, 5.41) is 0.201. The van der Waals surface area contributed by atoms with Crippen LogP contribution in [0.1, 0.15) is 0 Å². The minimum atomic E-state index is -4.28. The first kappa shape index (κ1) is 20.1. The number of ether oxygens (including phenoxy) is 1. The van der Waals surface area contributed by atoms with Crippen LogP contribution in [-0.4, -0.2) is 28.0 Å². The van der Waals surface area contributed by atoms with Gasteiger partial charge in [-0.25, -0.2) is 8.42 Å². The van der Waals surface area contributed by atoms with E-state index in [0.717, 1.165) is 11.4 Å². The molecule has 0 aromatic heterocycles. The number of sulfonamides is 1. The van der Waals surface area contributed by atoms with E-state index in [-0.39, 0.29) is 30.7 Å². The standard InChI is InChI=1S/C15H11Cl4NO4S/c1-24-14(21)8-20(12-4-2-3-11(18)15(12)19)25(22,23)13-7-9(16)5-6-10(13)17/h2-7H,8H2,1H3. The molecule has 2 rings (SSSR count). The Hall–Kier alpha value is -1.18. The molecule has 0 aliphatic heterocycles. The summed E-state index contributed by atoms with van der Waals surface area (Å²) in [6.45, 7) is -0.623. The molecule has 2 aromatic carbocycles. The second-order valence-corrected chi connectivity index (χ2v) is 8.20. The van der Waals surface area contributed by atoms with Gasteiger partial charge in [-0.15, -0.1) is 0 Å². The Balaban J connectivity index is 2.68. The van der Waals surface area contributed by atoms with Gasteiger partial charge < -0.3 is 4.74 Å². The second kappa shape index (κ2) is 8.01. The number of carbonyl (C=O) groups excluding carboxylic acids is 1. The molecule has 0 heterocycles. The van der Waals surface area contributed by atoms with Crippen molar-refractivity contribution in [2.45, 2.75) is 4.90 Å². The van der Waals surface area contributed by atoms with E-state index in [9.17, 15) is 13.2 Å². The van der Waals surface area contributed by atoms with Crippen LogP contribution in [0.15, 0.2) is 41.3 Å². The van der Waals surface area contributed by atoms with Crippen molar-refractivity contribution < 1.29 is 17.9 Å². The van der Waals surface area contributed by atoms with Crippen LogP contribution in [0.2, 0.25) is 20.1 Å². The van der Waals surface area contributed by atoms with Gasteiger partial charge in [0.15, 0.2) is 0 Å². The first-order chi connectivity index (χ1) is 11.7. The van der Waals surface area contributed by atoms with Crippen LogP contribution in [0.5, 0.6) is 0 Å². The zero-order chi connectivity index (χ0) is 18.8. The number of hydrogen-bond donors (Lipinski definition) is 0. The number of anilines is 1. The summed E-state index contributed by atoms with van der Waals surface area (Å²) in [4.78, 5) is 11.5. The van der Waals surface area contributed by atoms with Crippen LogP contribution in [0.25, 0.3) is 0 Å². The molecule has 0 spiro atoms. The lowest BCUT2D eigenvalue weighted by molar-refractivity contribution is -0.138. The van der Waals surface area contributed by atoms with Gasteiger partial charge in [0.25, 0.3) is 10.0 Å². The van der Waals surface area contributed by atoms with Gasteiger partial charge in [-0.3, -0.25) is 9.10 Å². The van der Waals surface area contributed by atoms with Crippen molar-refractivity contribution in [1.29, 1.82) is 0 Å². The quantitative estimate of drug-likeness (QED) is 0.631. The van der Waals surface area contributed by atoms with Gasteiger partial charge in [0.1, 0.15) is 11.4 Å². The maximum absolute atomic E-state index is 13.1. The molecule has 10 heteroatoms. The van der Waals surface area contributed by atoms with E-state index in [0.29, 0.717) is 0 Å². The highest BCUT2D eigenvalue weighted by Gasteiger charge is 2.31.